The normalized spacial score (nSPS) is 20.0. The SMILES string of the molecule is O=C(NC1CCC(Nc2ccc3ccccc3n2)CC1)c1ccc(Br)o1. The first-order valence-electron chi connectivity index (χ1n) is 8.86. The first-order chi connectivity index (χ1) is 12.7. The van der Waals surface area contributed by atoms with Crippen LogP contribution in [0.1, 0.15) is 36.2 Å². The van der Waals surface area contributed by atoms with Gasteiger partial charge in [0.15, 0.2) is 10.4 Å². The van der Waals surface area contributed by atoms with E-state index in [4.69, 9.17) is 4.42 Å². The molecule has 0 spiro atoms. The number of para-hydroxylation sites is 1. The summed E-state index contributed by atoms with van der Waals surface area (Å²) in [7, 11) is 0. The average Bonchev–Trinajstić information content (AvgIpc) is 3.10. The van der Waals surface area contributed by atoms with Gasteiger partial charge in [0.25, 0.3) is 5.91 Å². The van der Waals surface area contributed by atoms with Gasteiger partial charge in [-0.15, -0.1) is 0 Å². The molecule has 6 heteroatoms. The molecular formula is C20H20BrN3O2. The smallest absolute Gasteiger partial charge is 0.287 e. The molecule has 4 rings (SSSR count). The van der Waals surface area contributed by atoms with E-state index in [9.17, 15) is 4.79 Å². The second kappa shape index (κ2) is 7.50. The maximum absolute atomic E-state index is 12.2. The van der Waals surface area contributed by atoms with Crippen molar-refractivity contribution < 1.29 is 9.21 Å². The van der Waals surface area contributed by atoms with E-state index in [0.29, 0.717) is 16.5 Å². The Morgan fingerprint density at radius 2 is 1.77 bits per heavy atom. The first kappa shape index (κ1) is 17.1. The van der Waals surface area contributed by atoms with Crippen LogP contribution in [-0.2, 0) is 0 Å². The van der Waals surface area contributed by atoms with Gasteiger partial charge in [0.05, 0.1) is 5.52 Å². The van der Waals surface area contributed by atoms with Gasteiger partial charge in [-0.1, -0.05) is 18.2 Å². The van der Waals surface area contributed by atoms with Crippen LogP contribution in [-0.4, -0.2) is 23.0 Å². The van der Waals surface area contributed by atoms with Crippen LogP contribution in [0.4, 0.5) is 5.82 Å². The van der Waals surface area contributed by atoms with Crippen molar-refractivity contribution in [3.63, 3.8) is 0 Å². The lowest BCUT2D eigenvalue weighted by Gasteiger charge is -2.29. The number of hydrogen-bond acceptors (Lipinski definition) is 4. The largest absolute Gasteiger partial charge is 0.444 e. The van der Waals surface area contributed by atoms with Gasteiger partial charge in [-0.05, 0) is 71.9 Å². The summed E-state index contributed by atoms with van der Waals surface area (Å²) >= 11 is 3.22. The third-order valence-corrected chi connectivity index (χ3v) is 5.24. The average molecular weight is 414 g/mol. The van der Waals surface area contributed by atoms with E-state index in [2.05, 4.69) is 43.7 Å². The highest BCUT2D eigenvalue weighted by Crippen LogP contribution is 2.23. The molecule has 0 bridgehead atoms. The number of benzene rings is 1. The maximum atomic E-state index is 12.2. The van der Waals surface area contributed by atoms with E-state index in [-0.39, 0.29) is 11.9 Å². The van der Waals surface area contributed by atoms with E-state index in [1.807, 2.05) is 24.3 Å². The standard InChI is InChI=1S/C20H20BrN3O2/c21-18-11-10-17(26-18)20(25)23-15-8-6-14(7-9-15)22-19-12-5-13-3-1-2-4-16(13)24-19/h1-5,10-12,14-15H,6-9H2,(H,22,24)(H,23,25). The lowest BCUT2D eigenvalue weighted by Crippen LogP contribution is -2.40. The van der Waals surface area contributed by atoms with Crippen molar-refractivity contribution in [3.8, 4) is 0 Å². The van der Waals surface area contributed by atoms with Crippen LogP contribution < -0.4 is 10.6 Å². The highest BCUT2D eigenvalue weighted by molar-refractivity contribution is 9.10. The topological polar surface area (TPSA) is 67.2 Å². The van der Waals surface area contributed by atoms with Gasteiger partial charge < -0.3 is 15.1 Å². The summed E-state index contributed by atoms with van der Waals surface area (Å²) in [5, 5.41) is 7.74. The number of carbonyl (C=O) groups excluding carboxylic acids is 1. The van der Waals surface area contributed by atoms with Crippen molar-refractivity contribution in [3.05, 3.63) is 59.0 Å². The van der Waals surface area contributed by atoms with Crippen molar-refractivity contribution in [2.75, 3.05) is 5.32 Å². The number of fused-ring (bicyclic) bond motifs is 1. The van der Waals surface area contributed by atoms with E-state index < -0.39 is 0 Å². The predicted molar refractivity (Wildman–Crippen MR) is 105 cm³/mol. The molecule has 1 aliphatic carbocycles. The molecule has 0 saturated heterocycles. The molecule has 3 aromatic rings. The highest BCUT2D eigenvalue weighted by atomic mass is 79.9. The Morgan fingerprint density at radius 1 is 1.00 bits per heavy atom. The summed E-state index contributed by atoms with van der Waals surface area (Å²) in [6.07, 6.45) is 3.89. The third-order valence-electron chi connectivity index (χ3n) is 4.81. The highest BCUT2D eigenvalue weighted by Gasteiger charge is 2.24. The van der Waals surface area contributed by atoms with Gasteiger partial charge in [-0.25, -0.2) is 4.98 Å². The molecule has 1 amide bonds. The number of amides is 1. The maximum Gasteiger partial charge on any atom is 0.287 e. The summed E-state index contributed by atoms with van der Waals surface area (Å²) in [6, 6.07) is 16.2. The zero-order valence-corrected chi connectivity index (χ0v) is 15.8. The van der Waals surface area contributed by atoms with Gasteiger partial charge in [0.2, 0.25) is 0 Å². The lowest BCUT2D eigenvalue weighted by atomic mass is 9.91. The molecular weight excluding hydrogens is 394 g/mol. The summed E-state index contributed by atoms with van der Waals surface area (Å²) in [4.78, 5) is 16.9. The Bertz CT molecular complexity index is 916. The summed E-state index contributed by atoms with van der Waals surface area (Å²) in [6.45, 7) is 0. The van der Waals surface area contributed by atoms with Crippen LogP contribution in [0.25, 0.3) is 10.9 Å². The van der Waals surface area contributed by atoms with Crippen molar-refractivity contribution in [2.24, 2.45) is 0 Å². The molecule has 0 radical (unpaired) electrons. The molecule has 2 aromatic heterocycles. The Labute approximate surface area is 160 Å². The van der Waals surface area contributed by atoms with Crippen LogP contribution >= 0.6 is 15.9 Å². The number of hydrogen-bond donors (Lipinski definition) is 2. The second-order valence-electron chi connectivity index (χ2n) is 6.66. The number of furan rings is 1. The lowest BCUT2D eigenvalue weighted by molar-refractivity contribution is 0.0897. The summed E-state index contributed by atoms with van der Waals surface area (Å²) in [5.74, 6) is 1.11. The van der Waals surface area contributed by atoms with Gasteiger partial charge in [-0.2, -0.15) is 0 Å². The summed E-state index contributed by atoms with van der Waals surface area (Å²) < 4.78 is 5.87. The van der Waals surface area contributed by atoms with Crippen molar-refractivity contribution in [2.45, 2.75) is 37.8 Å². The van der Waals surface area contributed by atoms with E-state index in [1.165, 1.54) is 0 Å². The fourth-order valence-corrected chi connectivity index (χ4v) is 3.74. The molecule has 1 fully saturated rings. The molecule has 0 aliphatic heterocycles. The molecule has 0 unspecified atom stereocenters. The van der Waals surface area contributed by atoms with Crippen LogP contribution in [0.3, 0.4) is 0 Å². The molecule has 1 aliphatic rings. The number of aromatic nitrogens is 1. The van der Waals surface area contributed by atoms with Crippen LogP contribution in [0.2, 0.25) is 0 Å². The number of carbonyl (C=O) groups is 1. The Balaban J connectivity index is 1.31. The van der Waals surface area contributed by atoms with E-state index in [0.717, 1.165) is 42.4 Å². The molecule has 26 heavy (non-hydrogen) atoms. The number of halogens is 1. The van der Waals surface area contributed by atoms with Gasteiger partial charge in [-0.3, -0.25) is 4.79 Å². The van der Waals surface area contributed by atoms with Crippen molar-refractivity contribution in [1.29, 1.82) is 0 Å². The van der Waals surface area contributed by atoms with Crippen molar-refractivity contribution in [1.82, 2.24) is 10.3 Å². The minimum atomic E-state index is -0.150. The minimum absolute atomic E-state index is 0.150. The van der Waals surface area contributed by atoms with E-state index in [1.54, 1.807) is 12.1 Å². The predicted octanol–water partition coefficient (Wildman–Crippen LogP) is 4.74. The van der Waals surface area contributed by atoms with Crippen LogP contribution in [0.15, 0.2) is 57.6 Å². The Morgan fingerprint density at radius 3 is 2.54 bits per heavy atom. The number of nitrogens with one attached hydrogen (secondary N) is 2. The molecule has 2 heterocycles. The Kier molecular flexibility index (Phi) is 4.93. The monoisotopic (exact) mass is 413 g/mol. The first-order valence-corrected chi connectivity index (χ1v) is 9.65. The zero-order chi connectivity index (χ0) is 17.9. The number of rotatable bonds is 4. The molecule has 2 N–H and O–H groups in total. The van der Waals surface area contributed by atoms with Crippen LogP contribution in [0, 0.1) is 0 Å². The van der Waals surface area contributed by atoms with Crippen molar-refractivity contribution >= 4 is 38.6 Å². The van der Waals surface area contributed by atoms with Gasteiger partial charge in [0.1, 0.15) is 5.82 Å². The summed E-state index contributed by atoms with van der Waals surface area (Å²) in [5.41, 5.74) is 1.00. The Hall–Kier alpha value is -2.34. The fourth-order valence-electron chi connectivity index (χ4n) is 3.43. The molecule has 5 nitrogen and oxygen atoms in total. The zero-order valence-electron chi connectivity index (χ0n) is 14.2. The molecule has 0 atom stereocenters. The van der Waals surface area contributed by atoms with Crippen LogP contribution in [0.5, 0.6) is 0 Å². The molecule has 134 valence electrons. The number of nitrogens with zero attached hydrogens (tertiary/aromatic N) is 1. The van der Waals surface area contributed by atoms with Gasteiger partial charge in [0, 0.05) is 17.5 Å². The van der Waals surface area contributed by atoms with E-state index >= 15 is 0 Å². The number of pyridine rings is 1. The molecule has 1 aromatic carbocycles. The second-order valence-corrected chi connectivity index (χ2v) is 7.44. The molecule has 1 saturated carbocycles. The quantitative estimate of drug-likeness (QED) is 0.647. The third kappa shape index (κ3) is 3.90. The number of anilines is 1. The fraction of sp³-hybridized carbons (Fsp3) is 0.300. The minimum Gasteiger partial charge on any atom is -0.444 e. The van der Waals surface area contributed by atoms with Gasteiger partial charge >= 0.3 is 0 Å².